The lowest BCUT2D eigenvalue weighted by atomic mass is 9.96. The van der Waals surface area contributed by atoms with Gasteiger partial charge in [0.15, 0.2) is 0 Å². The van der Waals surface area contributed by atoms with E-state index in [0.717, 1.165) is 30.6 Å². The topological polar surface area (TPSA) is 58.6 Å². The standard InChI is InChI=1S/C20H30N2O3/c1-14(2)25-19-6-5-17(13-15(19)3)7-10-21-20(24)18-8-11-22(12-9-18)16(4)23/h5-6,13-14,18H,7-12H2,1-4H3,(H,21,24). The molecule has 1 N–H and O–H groups in total. The Balaban J connectivity index is 1.76. The van der Waals surface area contributed by atoms with E-state index in [9.17, 15) is 9.59 Å². The summed E-state index contributed by atoms with van der Waals surface area (Å²) in [5, 5.41) is 3.04. The van der Waals surface area contributed by atoms with Gasteiger partial charge >= 0.3 is 0 Å². The number of nitrogens with one attached hydrogen (secondary N) is 1. The van der Waals surface area contributed by atoms with Gasteiger partial charge in [-0.2, -0.15) is 0 Å². The Morgan fingerprint density at radius 1 is 1.28 bits per heavy atom. The van der Waals surface area contributed by atoms with E-state index in [1.54, 1.807) is 6.92 Å². The Labute approximate surface area is 150 Å². The van der Waals surface area contributed by atoms with E-state index in [0.29, 0.717) is 19.6 Å². The molecule has 25 heavy (non-hydrogen) atoms. The molecule has 1 aliphatic heterocycles. The fourth-order valence-corrected chi connectivity index (χ4v) is 3.18. The van der Waals surface area contributed by atoms with Crippen molar-refractivity contribution >= 4 is 11.8 Å². The minimum absolute atomic E-state index is 0.0270. The lowest BCUT2D eigenvalue weighted by molar-refractivity contribution is -0.133. The highest BCUT2D eigenvalue weighted by Crippen LogP contribution is 2.21. The van der Waals surface area contributed by atoms with Crippen LogP contribution in [0.1, 0.15) is 44.7 Å². The highest BCUT2D eigenvalue weighted by Gasteiger charge is 2.25. The van der Waals surface area contributed by atoms with Crippen LogP contribution in [0.25, 0.3) is 0 Å². The number of ether oxygens (including phenoxy) is 1. The second kappa shape index (κ2) is 8.88. The van der Waals surface area contributed by atoms with Crippen molar-refractivity contribution < 1.29 is 14.3 Å². The molecule has 0 spiro atoms. The summed E-state index contributed by atoms with van der Waals surface area (Å²) < 4.78 is 5.75. The maximum Gasteiger partial charge on any atom is 0.223 e. The molecule has 1 saturated heterocycles. The molecule has 0 radical (unpaired) electrons. The zero-order valence-corrected chi connectivity index (χ0v) is 15.8. The normalized spacial score (nSPS) is 15.3. The molecule has 1 fully saturated rings. The SMILES string of the molecule is CC(=O)N1CCC(C(=O)NCCc2ccc(OC(C)C)c(C)c2)CC1. The van der Waals surface area contributed by atoms with Crippen LogP contribution in [-0.4, -0.2) is 42.5 Å². The Morgan fingerprint density at radius 2 is 1.96 bits per heavy atom. The van der Waals surface area contributed by atoms with Crippen LogP contribution in [0.2, 0.25) is 0 Å². The van der Waals surface area contributed by atoms with E-state index >= 15 is 0 Å². The van der Waals surface area contributed by atoms with Gasteiger partial charge in [0, 0.05) is 32.5 Å². The first-order valence-corrected chi connectivity index (χ1v) is 9.16. The molecule has 0 aromatic heterocycles. The van der Waals surface area contributed by atoms with Crippen LogP contribution in [0.5, 0.6) is 5.75 Å². The molecule has 1 aromatic carbocycles. The summed E-state index contributed by atoms with van der Waals surface area (Å²) in [7, 11) is 0. The number of likely N-dealkylation sites (tertiary alicyclic amines) is 1. The minimum Gasteiger partial charge on any atom is -0.491 e. The zero-order valence-electron chi connectivity index (χ0n) is 15.8. The van der Waals surface area contributed by atoms with Crippen LogP contribution in [0.4, 0.5) is 0 Å². The summed E-state index contributed by atoms with van der Waals surface area (Å²) in [5.74, 6) is 1.15. The number of piperidine rings is 1. The smallest absolute Gasteiger partial charge is 0.223 e. The molecule has 0 unspecified atom stereocenters. The number of rotatable bonds is 6. The highest BCUT2D eigenvalue weighted by atomic mass is 16.5. The molecule has 138 valence electrons. The van der Waals surface area contributed by atoms with Crippen molar-refractivity contribution in [3.63, 3.8) is 0 Å². The third kappa shape index (κ3) is 5.76. The monoisotopic (exact) mass is 346 g/mol. The first-order chi connectivity index (χ1) is 11.9. The molecule has 1 aromatic rings. The van der Waals surface area contributed by atoms with Gasteiger partial charge in [-0.1, -0.05) is 12.1 Å². The maximum atomic E-state index is 12.3. The lowest BCUT2D eigenvalue weighted by Gasteiger charge is -2.30. The number of benzene rings is 1. The van der Waals surface area contributed by atoms with Crippen molar-refractivity contribution in [3.8, 4) is 5.75 Å². The number of aryl methyl sites for hydroxylation is 1. The van der Waals surface area contributed by atoms with E-state index in [4.69, 9.17) is 4.74 Å². The van der Waals surface area contributed by atoms with Crippen molar-refractivity contribution in [1.29, 1.82) is 0 Å². The molecule has 0 atom stereocenters. The Bertz CT molecular complexity index is 605. The third-order valence-corrected chi connectivity index (χ3v) is 4.63. The summed E-state index contributed by atoms with van der Waals surface area (Å²) in [6.45, 7) is 9.67. The lowest BCUT2D eigenvalue weighted by Crippen LogP contribution is -2.42. The largest absolute Gasteiger partial charge is 0.491 e. The van der Waals surface area contributed by atoms with Gasteiger partial charge in [0.05, 0.1) is 6.10 Å². The van der Waals surface area contributed by atoms with Crippen molar-refractivity contribution in [2.75, 3.05) is 19.6 Å². The fraction of sp³-hybridized carbons (Fsp3) is 0.600. The highest BCUT2D eigenvalue weighted by molar-refractivity contribution is 5.79. The van der Waals surface area contributed by atoms with Crippen molar-refractivity contribution in [2.45, 2.75) is 53.1 Å². The van der Waals surface area contributed by atoms with Crippen LogP contribution in [0.15, 0.2) is 18.2 Å². The minimum atomic E-state index is 0.0270. The molecule has 0 bridgehead atoms. The molecule has 5 heteroatoms. The number of amides is 2. The van der Waals surface area contributed by atoms with E-state index in [-0.39, 0.29) is 23.8 Å². The average molecular weight is 346 g/mol. The quantitative estimate of drug-likeness (QED) is 0.861. The van der Waals surface area contributed by atoms with Crippen molar-refractivity contribution in [1.82, 2.24) is 10.2 Å². The first kappa shape index (κ1) is 19.3. The number of carbonyl (C=O) groups excluding carboxylic acids is 2. The number of carbonyl (C=O) groups is 2. The first-order valence-electron chi connectivity index (χ1n) is 9.16. The Kier molecular flexibility index (Phi) is 6.85. The summed E-state index contributed by atoms with van der Waals surface area (Å²) in [6, 6.07) is 6.18. The predicted octanol–water partition coefficient (Wildman–Crippen LogP) is 2.70. The van der Waals surface area contributed by atoms with Crippen LogP contribution in [-0.2, 0) is 16.0 Å². The summed E-state index contributed by atoms with van der Waals surface area (Å²) in [5.41, 5.74) is 2.31. The van der Waals surface area contributed by atoms with Crippen molar-refractivity contribution in [2.24, 2.45) is 5.92 Å². The molecule has 0 aliphatic carbocycles. The summed E-state index contributed by atoms with van der Waals surface area (Å²) >= 11 is 0. The molecule has 1 heterocycles. The molecule has 2 rings (SSSR count). The van der Waals surface area contributed by atoms with Gasteiger partial charge in [-0.05, 0) is 57.2 Å². The van der Waals surface area contributed by atoms with Gasteiger partial charge < -0.3 is 15.0 Å². The summed E-state index contributed by atoms with van der Waals surface area (Å²) in [4.78, 5) is 25.4. The van der Waals surface area contributed by atoms with Crippen molar-refractivity contribution in [3.05, 3.63) is 29.3 Å². The molecule has 0 saturated carbocycles. The number of hydrogen-bond donors (Lipinski definition) is 1. The van der Waals surface area contributed by atoms with Gasteiger partial charge in [-0.25, -0.2) is 0 Å². The van der Waals surface area contributed by atoms with Gasteiger partial charge in [0.25, 0.3) is 0 Å². The van der Waals surface area contributed by atoms with E-state index in [1.165, 1.54) is 5.56 Å². The predicted molar refractivity (Wildman–Crippen MR) is 98.6 cm³/mol. The van der Waals surface area contributed by atoms with Gasteiger partial charge in [0.2, 0.25) is 11.8 Å². The van der Waals surface area contributed by atoms with Gasteiger partial charge in [-0.3, -0.25) is 9.59 Å². The van der Waals surface area contributed by atoms with Gasteiger partial charge in [-0.15, -0.1) is 0 Å². The molecule has 5 nitrogen and oxygen atoms in total. The fourth-order valence-electron chi connectivity index (χ4n) is 3.18. The van der Waals surface area contributed by atoms with Crippen LogP contribution < -0.4 is 10.1 Å². The van der Waals surface area contributed by atoms with E-state index < -0.39 is 0 Å². The number of hydrogen-bond acceptors (Lipinski definition) is 3. The third-order valence-electron chi connectivity index (χ3n) is 4.63. The molecule has 1 aliphatic rings. The van der Waals surface area contributed by atoms with E-state index in [2.05, 4.69) is 17.4 Å². The Hall–Kier alpha value is -2.04. The molecular formula is C20H30N2O3. The van der Waals surface area contributed by atoms with Crippen LogP contribution >= 0.6 is 0 Å². The zero-order chi connectivity index (χ0) is 18.4. The van der Waals surface area contributed by atoms with Gasteiger partial charge in [0.1, 0.15) is 5.75 Å². The van der Waals surface area contributed by atoms with Crippen LogP contribution in [0.3, 0.4) is 0 Å². The van der Waals surface area contributed by atoms with Crippen LogP contribution in [0, 0.1) is 12.8 Å². The molecular weight excluding hydrogens is 316 g/mol. The second-order valence-corrected chi connectivity index (χ2v) is 7.09. The average Bonchev–Trinajstić information content (AvgIpc) is 2.57. The second-order valence-electron chi connectivity index (χ2n) is 7.09. The molecule has 2 amide bonds. The maximum absolute atomic E-state index is 12.3. The summed E-state index contributed by atoms with van der Waals surface area (Å²) in [6.07, 6.45) is 2.48. The van der Waals surface area contributed by atoms with E-state index in [1.807, 2.05) is 31.7 Å². The Morgan fingerprint density at radius 3 is 2.52 bits per heavy atom. The number of nitrogens with zero attached hydrogens (tertiary/aromatic N) is 1.